The number of hydrogen-bond donors (Lipinski definition) is 2. The first-order valence-corrected chi connectivity index (χ1v) is 8.16. The first-order valence-electron chi connectivity index (χ1n) is 7.01. The van der Waals surface area contributed by atoms with E-state index in [1.54, 1.807) is 0 Å². The lowest BCUT2D eigenvalue weighted by molar-refractivity contribution is -0.146. The van der Waals surface area contributed by atoms with Crippen molar-refractivity contribution in [2.75, 3.05) is 11.5 Å². The van der Waals surface area contributed by atoms with Crippen LogP contribution in [0.1, 0.15) is 24.3 Å². The highest BCUT2D eigenvalue weighted by Crippen LogP contribution is 2.48. The maximum atomic E-state index is 13.2. The topological polar surface area (TPSA) is 66.4 Å². The monoisotopic (exact) mass is 327 g/mol. The Balaban J connectivity index is 1.67. The number of amides is 1. The molecule has 22 heavy (non-hydrogen) atoms. The zero-order valence-corrected chi connectivity index (χ0v) is 12.5. The fraction of sp³-hybridized carbons (Fsp3) is 0.467. The van der Waals surface area contributed by atoms with Crippen molar-refractivity contribution in [3.63, 3.8) is 0 Å². The summed E-state index contributed by atoms with van der Waals surface area (Å²) in [6.45, 7) is 0. The third-order valence-corrected chi connectivity index (χ3v) is 5.48. The van der Waals surface area contributed by atoms with Crippen LogP contribution in [0.5, 0.6) is 0 Å². The summed E-state index contributed by atoms with van der Waals surface area (Å²) >= 11 is 1.50. The largest absolute Gasteiger partial charge is 0.479 e. The SMILES string of the molecule is O=C(NC1(C(=O)O)CCSC1)C1CC1c1ccc(F)c(F)c1. The maximum absolute atomic E-state index is 13.2. The number of nitrogens with one attached hydrogen (secondary N) is 1. The quantitative estimate of drug-likeness (QED) is 0.889. The summed E-state index contributed by atoms with van der Waals surface area (Å²) in [7, 11) is 0. The number of carboxylic acid groups (broad SMARTS) is 1. The van der Waals surface area contributed by atoms with Gasteiger partial charge in [-0.05, 0) is 42.2 Å². The Hall–Kier alpha value is -1.63. The van der Waals surface area contributed by atoms with Crippen molar-refractivity contribution >= 4 is 23.6 Å². The number of carboxylic acids is 1. The van der Waals surface area contributed by atoms with Crippen LogP contribution >= 0.6 is 11.8 Å². The molecule has 1 saturated carbocycles. The first-order chi connectivity index (χ1) is 10.4. The Morgan fingerprint density at radius 1 is 1.32 bits per heavy atom. The zero-order valence-electron chi connectivity index (χ0n) is 11.6. The van der Waals surface area contributed by atoms with Gasteiger partial charge >= 0.3 is 5.97 Å². The predicted octanol–water partition coefficient (Wildman–Crippen LogP) is 2.14. The first kappa shape index (κ1) is 15.3. The van der Waals surface area contributed by atoms with Crippen LogP contribution in [0, 0.1) is 17.6 Å². The summed E-state index contributed by atoms with van der Waals surface area (Å²) < 4.78 is 26.2. The molecule has 3 rings (SSSR count). The third kappa shape index (κ3) is 2.69. The average Bonchev–Trinajstić information content (AvgIpc) is 3.14. The third-order valence-electron chi connectivity index (χ3n) is 4.29. The number of halogens is 2. The molecule has 0 radical (unpaired) electrons. The van der Waals surface area contributed by atoms with E-state index < -0.39 is 23.1 Å². The van der Waals surface area contributed by atoms with Crippen molar-refractivity contribution in [3.8, 4) is 0 Å². The van der Waals surface area contributed by atoms with Crippen LogP contribution in [0.2, 0.25) is 0 Å². The van der Waals surface area contributed by atoms with Gasteiger partial charge < -0.3 is 10.4 Å². The molecule has 118 valence electrons. The molecule has 4 nitrogen and oxygen atoms in total. The molecule has 1 amide bonds. The maximum Gasteiger partial charge on any atom is 0.330 e. The number of hydrogen-bond acceptors (Lipinski definition) is 3. The van der Waals surface area contributed by atoms with Crippen LogP contribution in [-0.2, 0) is 9.59 Å². The smallest absolute Gasteiger partial charge is 0.330 e. The molecule has 1 saturated heterocycles. The second-order valence-corrected chi connectivity index (χ2v) is 6.91. The molecule has 2 N–H and O–H groups in total. The minimum atomic E-state index is -1.19. The zero-order chi connectivity index (χ0) is 15.9. The van der Waals surface area contributed by atoms with Crippen molar-refractivity contribution in [2.45, 2.75) is 24.3 Å². The lowest BCUT2D eigenvalue weighted by atomic mass is 9.98. The second kappa shape index (κ2) is 5.53. The summed E-state index contributed by atoms with van der Waals surface area (Å²) in [6, 6.07) is 3.62. The van der Waals surface area contributed by atoms with Crippen LogP contribution < -0.4 is 5.32 Å². The van der Waals surface area contributed by atoms with Gasteiger partial charge in [0.05, 0.1) is 0 Å². The van der Waals surface area contributed by atoms with Gasteiger partial charge in [0.1, 0.15) is 5.54 Å². The molecule has 1 aliphatic carbocycles. The highest BCUT2D eigenvalue weighted by atomic mass is 32.2. The van der Waals surface area contributed by atoms with Crippen LogP contribution in [0.25, 0.3) is 0 Å². The van der Waals surface area contributed by atoms with E-state index in [9.17, 15) is 23.5 Å². The molecule has 0 aromatic heterocycles. The molecule has 3 unspecified atom stereocenters. The van der Waals surface area contributed by atoms with Gasteiger partial charge in [-0.15, -0.1) is 0 Å². The molecule has 2 fully saturated rings. The van der Waals surface area contributed by atoms with E-state index in [1.165, 1.54) is 17.8 Å². The fourth-order valence-corrected chi connectivity index (χ4v) is 4.14. The van der Waals surface area contributed by atoms with Crippen LogP contribution in [-0.4, -0.2) is 34.0 Å². The molecule has 0 bridgehead atoms. The minimum Gasteiger partial charge on any atom is -0.479 e. The van der Waals surface area contributed by atoms with Crippen molar-refractivity contribution in [1.29, 1.82) is 0 Å². The number of carbonyl (C=O) groups excluding carboxylic acids is 1. The van der Waals surface area contributed by atoms with E-state index in [0.29, 0.717) is 29.9 Å². The number of thioether (sulfide) groups is 1. The standard InChI is InChI=1S/C15H15F2NO3S/c16-11-2-1-8(5-12(11)17)9-6-10(9)13(19)18-15(14(20)21)3-4-22-7-15/h1-2,5,9-10H,3-4,6-7H2,(H,18,19)(H,20,21). The van der Waals surface area contributed by atoms with E-state index in [4.69, 9.17) is 0 Å². The fourth-order valence-electron chi connectivity index (χ4n) is 2.81. The number of rotatable bonds is 4. The Kier molecular flexibility index (Phi) is 3.84. The van der Waals surface area contributed by atoms with Gasteiger partial charge in [0.2, 0.25) is 5.91 Å². The van der Waals surface area contributed by atoms with Gasteiger partial charge in [-0.3, -0.25) is 4.79 Å². The van der Waals surface area contributed by atoms with Crippen molar-refractivity contribution in [2.24, 2.45) is 5.92 Å². The second-order valence-electron chi connectivity index (χ2n) is 5.80. The van der Waals surface area contributed by atoms with Crippen molar-refractivity contribution in [1.82, 2.24) is 5.32 Å². The summed E-state index contributed by atoms with van der Waals surface area (Å²) in [4.78, 5) is 23.7. The molecular formula is C15H15F2NO3S. The molecule has 1 aliphatic heterocycles. The minimum absolute atomic E-state index is 0.171. The van der Waals surface area contributed by atoms with Crippen LogP contribution in [0.4, 0.5) is 8.78 Å². The van der Waals surface area contributed by atoms with Gasteiger partial charge in [-0.1, -0.05) is 6.07 Å². The summed E-state index contributed by atoms with van der Waals surface area (Å²) in [5.74, 6) is -2.67. The molecule has 3 atom stereocenters. The van der Waals surface area contributed by atoms with Gasteiger partial charge in [0.25, 0.3) is 0 Å². The Bertz CT molecular complexity index is 631. The van der Waals surface area contributed by atoms with Gasteiger partial charge in [0.15, 0.2) is 11.6 Å². The normalized spacial score (nSPS) is 30.1. The van der Waals surface area contributed by atoms with Crippen molar-refractivity contribution < 1.29 is 23.5 Å². The number of benzene rings is 1. The molecule has 1 aromatic rings. The van der Waals surface area contributed by atoms with E-state index in [1.807, 2.05) is 0 Å². The van der Waals surface area contributed by atoms with E-state index in [-0.39, 0.29) is 17.7 Å². The van der Waals surface area contributed by atoms with E-state index in [0.717, 1.165) is 12.1 Å². The Labute approximate surface area is 130 Å². The number of aliphatic carboxylic acids is 1. The van der Waals surface area contributed by atoms with Crippen molar-refractivity contribution in [3.05, 3.63) is 35.4 Å². The number of carbonyl (C=O) groups is 2. The molecular weight excluding hydrogens is 312 g/mol. The summed E-state index contributed by atoms with van der Waals surface area (Å²) in [5, 5.41) is 12.0. The highest BCUT2D eigenvalue weighted by Gasteiger charge is 2.49. The molecule has 1 heterocycles. The average molecular weight is 327 g/mol. The summed E-state index contributed by atoms with van der Waals surface area (Å²) in [5.41, 5.74) is -0.618. The lowest BCUT2D eigenvalue weighted by Gasteiger charge is -2.24. The predicted molar refractivity (Wildman–Crippen MR) is 77.7 cm³/mol. The summed E-state index contributed by atoms with van der Waals surface area (Å²) in [6.07, 6.45) is 0.932. The van der Waals surface area contributed by atoms with Gasteiger partial charge in [-0.2, -0.15) is 11.8 Å². The molecule has 0 spiro atoms. The van der Waals surface area contributed by atoms with Crippen LogP contribution in [0.15, 0.2) is 18.2 Å². The van der Waals surface area contributed by atoms with Crippen LogP contribution in [0.3, 0.4) is 0 Å². The van der Waals surface area contributed by atoms with E-state index >= 15 is 0 Å². The highest BCUT2D eigenvalue weighted by molar-refractivity contribution is 7.99. The molecule has 1 aromatic carbocycles. The Morgan fingerprint density at radius 3 is 2.68 bits per heavy atom. The van der Waals surface area contributed by atoms with E-state index in [2.05, 4.69) is 5.32 Å². The Morgan fingerprint density at radius 2 is 2.09 bits per heavy atom. The van der Waals surface area contributed by atoms with Gasteiger partial charge in [-0.25, -0.2) is 13.6 Å². The van der Waals surface area contributed by atoms with Gasteiger partial charge in [0, 0.05) is 11.7 Å². The molecule has 7 heteroatoms. The lowest BCUT2D eigenvalue weighted by Crippen LogP contribution is -2.55. The molecule has 2 aliphatic rings.